The highest BCUT2D eigenvalue weighted by Gasteiger charge is 2.38. The number of halogens is 3. The molecule has 2 aromatic heterocycles. The van der Waals surface area contributed by atoms with E-state index in [0.717, 1.165) is 41.5 Å². The molecule has 0 spiro atoms. The second-order valence-electron chi connectivity index (χ2n) is 5.31. The van der Waals surface area contributed by atoms with Gasteiger partial charge in [-0.05, 0) is 12.8 Å². The summed E-state index contributed by atoms with van der Waals surface area (Å²) in [4.78, 5) is 0.159. The van der Waals surface area contributed by atoms with Gasteiger partial charge in [-0.15, -0.1) is 10.2 Å². The zero-order valence-electron chi connectivity index (χ0n) is 10.7. The molecule has 3 rings (SSSR count). The van der Waals surface area contributed by atoms with Crippen LogP contribution in [0.15, 0.2) is 0 Å². The number of rotatable bonds is 2. The Labute approximate surface area is 117 Å². The van der Waals surface area contributed by atoms with Crippen molar-refractivity contribution >= 4 is 16.3 Å². The third-order valence-electron chi connectivity index (χ3n) is 3.64. The third-order valence-corrected chi connectivity index (χ3v) is 4.54. The van der Waals surface area contributed by atoms with Crippen LogP contribution in [0.2, 0.25) is 0 Å². The largest absolute Gasteiger partial charge is 0.453 e. The zero-order valence-corrected chi connectivity index (χ0v) is 11.5. The molecule has 1 fully saturated rings. The summed E-state index contributed by atoms with van der Waals surface area (Å²) >= 11 is 1.12. The smallest absolute Gasteiger partial charge is 0.325 e. The van der Waals surface area contributed by atoms with Crippen LogP contribution < -0.4 is 5.73 Å². The van der Waals surface area contributed by atoms with Crippen molar-refractivity contribution < 1.29 is 13.2 Å². The van der Waals surface area contributed by atoms with E-state index in [1.54, 1.807) is 0 Å². The summed E-state index contributed by atoms with van der Waals surface area (Å²) < 4.78 is 38.9. The first-order valence-electron chi connectivity index (χ1n) is 6.45. The van der Waals surface area contributed by atoms with E-state index in [0.29, 0.717) is 11.4 Å². The molecular weight excluding hydrogens is 291 g/mol. The highest BCUT2D eigenvalue weighted by Crippen LogP contribution is 2.32. The normalized spacial score (nSPS) is 19.6. The van der Waals surface area contributed by atoms with E-state index in [4.69, 9.17) is 5.73 Å². The second-order valence-corrected chi connectivity index (χ2v) is 6.35. The summed E-state index contributed by atoms with van der Waals surface area (Å²) in [5.41, 5.74) is 5.96. The maximum Gasteiger partial charge on any atom is 0.453 e. The molecule has 0 atom stereocenters. The van der Waals surface area contributed by atoms with Gasteiger partial charge in [-0.2, -0.15) is 22.8 Å². The van der Waals surface area contributed by atoms with Gasteiger partial charge in [-0.25, -0.2) is 0 Å². The summed E-state index contributed by atoms with van der Waals surface area (Å²) in [6, 6.07) is 0. The van der Waals surface area contributed by atoms with Crippen LogP contribution in [0.1, 0.15) is 42.9 Å². The third kappa shape index (κ3) is 2.51. The summed E-state index contributed by atoms with van der Waals surface area (Å²) in [5, 5.41) is 11.2. The van der Waals surface area contributed by atoms with E-state index in [1.165, 1.54) is 6.42 Å². The van der Waals surface area contributed by atoms with Crippen molar-refractivity contribution in [1.82, 2.24) is 19.8 Å². The van der Waals surface area contributed by atoms with Gasteiger partial charge in [-0.1, -0.05) is 30.6 Å². The molecule has 0 bridgehead atoms. The fourth-order valence-corrected chi connectivity index (χ4v) is 3.63. The number of hydrogen-bond donors (Lipinski definition) is 1. The van der Waals surface area contributed by atoms with Gasteiger partial charge in [0, 0.05) is 12.0 Å². The van der Waals surface area contributed by atoms with Gasteiger partial charge in [0.2, 0.25) is 4.96 Å². The van der Waals surface area contributed by atoms with Crippen LogP contribution in [-0.2, 0) is 12.6 Å². The van der Waals surface area contributed by atoms with E-state index < -0.39 is 12.0 Å². The highest BCUT2D eigenvalue weighted by atomic mass is 32.1. The predicted octanol–water partition coefficient (Wildman–Crippen LogP) is 2.41. The van der Waals surface area contributed by atoms with Crippen LogP contribution in [0.25, 0.3) is 4.96 Å². The molecule has 2 N–H and O–H groups in total. The van der Waals surface area contributed by atoms with Gasteiger partial charge in [0.15, 0.2) is 0 Å². The zero-order chi connectivity index (χ0) is 14.4. The number of nitrogens with zero attached hydrogens (tertiary/aromatic N) is 4. The highest BCUT2D eigenvalue weighted by molar-refractivity contribution is 7.16. The van der Waals surface area contributed by atoms with Crippen LogP contribution in [-0.4, -0.2) is 25.4 Å². The van der Waals surface area contributed by atoms with Crippen LogP contribution in [0.3, 0.4) is 0 Å². The minimum Gasteiger partial charge on any atom is -0.325 e. The number of hydrogen-bond acceptors (Lipinski definition) is 5. The van der Waals surface area contributed by atoms with E-state index in [-0.39, 0.29) is 10.5 Å². The Morgan fingerprint density at radius 1 is 1.20 bits per heavy atom. The van der Waals surface area contributed by atoms with Crippen LogP contribution in [0, 0.1) is 0 Å². The topological polar surface area (TPSA) is 69.1 Å². The number of aromatic nitrogens is 4. The molecule has 1 saturated carbocycles. The average molecular weight is 305 g/mol. The van der Waals surface area contributed by atoms with Crippen LogP contribution >= 0.6 is 11.3 Å². The molecule has 0 aromatic carbocycles. The molecular formula is C11H14F3N5S. The Bertz CT molecular complexity index is 611. The maximum atomic E-state index is 12.7. The number of fused-ring (bicyclic) bond motifs is 1. The second kappa shape index (κ2) is 4.66. The number of nitrogens with two attached hydrogens (primary N) is 1. The van der Waals surface area contributed by atoms with Crippen molar-refractivity contribution in [1.29, 1.82) is 0 Å². The van der Waals surface area contributed by atoms with Gasteiger partial charge < -0.3 is 5.73 Å². The minimum atomic E-state index is -4.55. The predicted molar refractivity (Wildman–Crippen MR) is 67.4 cm³/mol. The minimum absolute atomic E-state index is 0.159. The maximum absolute atomic E-state index is 12.7. The van der Waals surface area contributed by atoms with Crippen molar-refractivity contribution in [2.24, 2.45) is 5.73 Å². The molecule has 2 aromatic rings. The Morgan fingerprint density at radius 3 is 2.55 bits per heavy atom. The standard InChI is InChI=1S/C11H14F3N5S/c12-11(13,14)8-16-17-9-19(8)18-7(20-9)6-10(15)4-2-1-3-5-10/h1-6,15H2. The summed E-state index contributed by atoms with van der Waals surface area (Å²) in [6.45, 7) is 0. The van der Waals surface area contributed by atoms with Crippen molar-refractivity contribution in [3.05, 3.63) is 10.8 Å². The molecule has 110 valence electrons. The molecule has 0 amide bonds. The molecule has 0 radical (unpaired) electrons. The van der Waals surface area contributed by atoms with E-state index in [1.807, 2.05) is 0 Å². The Balaban J connectivity index is 1.88. The first-order chi connectivity index (χ1) is 9.37. The SMILES string of the molecule is NC1(Cc2nn3c(C(F)(F)F)nnc3s2)CCCCC1. The lowest BCUT2D eigenvalue weighted by Gasteiger charge is -2.32. The lowest BCUT2D eigenvalue weighted by atomic mass is 9.80. The fourth-order valence-electron chi connectivity index (χ4n) is 2.64. The molecule has 0 aliphatic heterocycles. The lowest BCUT2D eigenvalue weighted by molar-refractivity contribution is -0.146. The van der Waals surface area contributed by atoms with Crippen LogP contribution in [0.5, 0.6) is 0 Å². The monoisotopic (exact) mass is 305 g/mol. The number of alkyl halides is 3. The lowest BCUT2D eigenvalue weighted by Crippen LogP contribution is -2.43. The van der Waals surface area contributed by atoms with Crippen LogP contribution in [0.4, 0.5) is 13.2 Å². The van der Waals surface area contributed by atoms with Gasteiger partial charge in [0.25, 0.3) is 5.82 Å². The first kappa shape index (κ1) is 13.7. The Hall–Kier alpha value is -1.22. The molecule has 9 heteroatoms. The van der Waals surface area contributed by atoms with Gasteiger partial charge in [-0.3, -0.25) is 0 Å². The Kier molecular flexibility index (Phi) is 3.20. The quantitative estimate of drug-likeness (QED) is 0.925. The van der Waals surface area contributed by atoms with Crippen molar-refractivity contribution in [3.63, 3.8) is 0 Å². The Morgan fingerprint density at radius 2 is 1.90 bits per heavy atom. The average Bonchev–Trinajstić information content (AvgIpc) is 2.86. The molecule has 0 unspecified atom stereocenters. The van der Waals surface area contributed by atoms with Gasteiger partial charge in [0.05, 0.1) is 0 Å². The summed E-state index contributed by atoms with van der Waals surface area (Å²) in [5.74, 6) is -1.08. The van der Waals surface area contributed by atoms with Gasteiger partial charge in [0.1, 0.15) is 5.01 Å². The van der Waals surface area contributed by atoms with E-state index >= 15 is 0 Å². The van der Waals surface area contributed by atoms with Crippen molar-refractivity contribution in [2.45, 2.75) is 50.2 Å². The van der Waals surface area contributed by atoms with Crippen molar-refractivity contribution in [2.75, 3.05) is 0 Å². The fraction of sp³-hybridized carbons (Fsp3) is 0.727. The molecule has 1 aliphatic rings. The molecule has 1 aliphatic carbocycles. The molecule has 5 nitrogen and oxygen atoms in total. The summed E-state index contributed by atoms with van der Waals surface area (Å²) in [6.07, 6.45) is 1.03. The first-order valence-corrected chi connectivity index (χ1v) is 7.26. The summed E-state index contributed by atoms with van der Waals surface area (Å²) in [7, 11) is 0. The molecule has 0 saturated heterocycles. The van der Waals surface area contributed by atoms with Gasteiger partial charge >= 0.3 is 6.18 Å². The van der Waals surface area contributed by atoms with E-state index in [9.17, 15) is 13.2 Å². The van der Waals surface area contributed by atoms with Crippen molar-refractivity contribution in [3.8, 4) is 0 Å². The molecule has 20 heavy (non-hydrogen) atoms. The molecule has 2 heterocycles. The van der Waals surface area contributed by atoms with E-state index in [2.05, 4.69) is 15.3 Å².